The number of hydrogen-bond acceptors (Lipinski definition) is 2. The van der Waals surface area contributed by atoms with Crippen molar-refractivity contribution < 1.29 is 14.7 Å². The van der Waals surface area contributed by atoms with E-state index < -0.39 is 16.9 Å². The van der Waals surface area contributed by atoms with Crippen LogP contribution in [0.1, 0.15) is 0 Å². The van der Waals surface area contributed by atoms with Crippen LogP contribution in [0.3, 0.4) is 0 Å². The van der Waals surface area contributed by atoms with Gasteiger partial charge in [-0.3, -0.25) is 4.79 Å². The van der Waals surface area contributed by atoms with Crippen molar-refractivity contribution in [1.82, 2.24) is 0 Å². The molecule has 0 aliphatic carbocycles. The average Bonchev–Trinajstić information content (AvgIpc) is 2.34. The fourth-order valence-corrected chi connectivity index (χ4v) is 1.67. The number of carboxylic acid groups (broad SMARTS) is 1. The van der Waals surface area contributed by atoms with Crippen LogP contribution in [0.15, 0.2) is 22.5 Å². The Kier molecular flexibility index (Phi) is 1.91. The molecule has 10 heavy (non-hydrogen) atoms. The lowest BCUT2D eigenvalue weighted by Crippen LogP contribution is -1.94. The third-order valence-electron chi connectivity index (χ3n) is 1.08. The van der Waals surface area contributed by atoms with Gasteiger partial charge in [-0.1, -0.05) is 0 Å². The summed E-state index contributed by atoms with van der Waals surface area (Å²) < 4.78 is 0. The van der Waals surface area contributed by atoms with Crippen LogP contribution in [-0.2, 0) is 9.59 Å². The van der Waals surface area contributed by atoms with Gasteiger partial charge in [0, 0.05) is 0 Å². The van der Waals surface area contributed by atoms with Gasteiger partial charge in [-0.05, 0) is 16.9 Å². The Morgan fingerprint density at radius 2 is 2.40 bits per heavy atom. The highest BCUT2D eigenvalue weighted by molar-refractivity contribution is 8.33. The number of carboxylic acids is 1. The van der Waals surface area contributed by atoms with E-state index in [2.05, 4.69) is 0 Å². The van der Waals surface area contributed by atoms with Crippen LogP contribution in [0.2, 0.25) is 0 Å². The molecule has 1 aliphatic rings. The molecule has 1 rings (SSSR count). The topological polar surface area (TPSA) is 54.4 Å². The van der Waals surface area contributed by atoms with Gasteiger partial charge in [-0.2, -0.15) is 10.9 Å². The van der Waals surface area contributed by atoms with Gasteiger partial charge in [-0.25, -0.2) is 4.79 Å². The lowest BCUT2D eigenvalue weighted by Gasteiger charge is -1.92. The highest BCUT2D eigenvalue weighted by atomic mass is 32.2. The quantitative estimate of drug-likeness (QED) is 0.459. The summed E-state index contributed by atoms with van der Waals surface area (Å²) in [5, 5.41) is 11.5. The molecular formula is C6H6O3S. The second kappa shape index (κ2) is 2.70. The fraction of sp³-hybridized carbons (Fsp3) is 0. The number of carbonyl (C=O) groups excluding carboxylic acids is 1. The van der Waals surface area contributed by atoms with Gasteiger partial charge in [0.05, 0.1) is 5.57 Å². The van der Waals surface area contributed by atoms with Gasteiger partial charge in [0.1, 0.15) is 0 Å². The minimum Gasteiger partial charge on any atom is -0.478 e. The first kappa shape index (κ1) is 7.08. The Labute approximate surface area is 60.4 Å². The van der Waals surface area contributed by atoms with Gasteiger partial charge in [0.2, 0.25) is 0 Å². The van der Waals surface area contributed by atoms with Crippen molar-refractivity contribution >= 4 is 22.5 Å². The van der Waals surface area contributed by atoms with Gasteiger partial charge in [0.25, 0.3) is 0 Å². The largest absolute Gasteiger partial charge is 0.478 e. The molecule has 0 aromatic heterocycles. The highest BCUT2D eigenvalue weighted by Gasteiger charge is 2.09. The molecule has 0 aromatic rings. The first-order chi connectivity index (χ1) is 4.74. The number of hydrogen-bond donors (Lipinski definition) is 2. The summed E-state index contributed by atoms with van der Waals surface area (Å²) in [5.41, 5.74) is 0.986. The molecule has 4 heteroatoms. The third-order valence-corrected chi connectivity index (χ3v) is 2.40. The predicted octanol–water partition coefficient (Wildman–Crippen LogP) is 0.674. The molecule has 1 unspecified atom stereocenters. The van der Waals surface area contributed by atoms with Crippen molar-refractivity contribution in [2.45, 2.75) is 0 Å². The molecule has 0 spiro atoms. The second-order valence-electron chi connectivity index (χ2n) is 1.76. The van der Waals surface area contributed by atoms with Crippen molar-refractivity contribution in [3.63, 3.8) is 0 Å². The minimum absolute atomic E-state index is 0.221. The van der Waals surface area contributed by atoms with Crippen molar-refractivity contribution in [2.75, 3.05) is 0 Å². The van der Waals surface area contributed by atoms with Gasteiger partial charge < -0.3 is 5.11 Å². The summed E-state index contributed by atoms with van der Waals surface area (Å²) in [6.45, 7) is 0. The lowest BCUT2D eigenvalue weighted by atomic mass is 10.3. The first-order valence-electron chi connectivity index (χ1n) is 2.60. The molecule has 0 fully saturated rings. The zero-order chi connectivity index (χ0) is 7.56. The van der Waals surface area contributed by atoms with E-state index in [1.165, 1.54) is 11.5 Å². The highest BCUT2D eigenvalue weighted by Crippen LogP contribution is 2.32. The molecule has 0 saturated carbocycles. The summed E-state index contributed by atoms with van der Waals surface area (Å²) in [6.07, 6.45) is 1.46. The van der Waals surface area contributed by atoms with Crippen LogP contribution in [0, 0.1) is 0 Å². The van der Waals surface area contributed by atoms with Crippen molar-refractivity contribution in [3.8, 4) is 0 Å². The van der Waals surface area contributed by atoms with E-state index in [4.69, 9.17) is 5.11 Å². The first-order valence-corrected chi connectivity index (χ1v) is 4.15. The number of thiol groups is 1. The summed E-state index contributed by atoms with van der Waals surface area (Å²) in [4.78, 5) is 20.4. The molecule has 0 aromatic carbocycles. The van der Waals surface area contributed by atoms with Crippen molar-refractivity contribution in [2.24, 2.45) is 0 Å². The lowest BCUT2D eigenvalue weighted by molar-refractivity contribution is -0.132. The van der Waals surface area contributed by atoms with Crippen LogP contribution < -0.4 is 0 Å². The molecule has 1 atom stereocenters. The van der Waals surface area contributed by atoms with E-state index >= 15 is 0 Å². The zero-order valence-electron chi connectivity index (χ0n) is 5.02. The Hall–Kier alpha value is -1.03. The van der Waals surface area contributed by atoms with E-state index in [1.54, 1.807) is 5.41 Å². The molecule has 0 radical (unpaired) electrons. The van der Waals surface area contributed by atoms with Crippen LogP contribution in [-0.4, -0.2) is 16.7 Å². The van der Waals surface area contributed by atoms with Gasteiger partial charge >= 0.3 is 5.97 Å². The molecular weight excluding hydrogens is 152 g/mol. The van der Waals surface area contributed by atoms with Crippen LogP contribution in [0.25, 0.3) is 0 Å². The zero-order valence-corrected chi connectivity index (χ0v) is 5.91. The number of rotatable bonds is 2. The normalized spacial score (nSPS) is 26.0. The maximum absolute atomic E-state index is 10.2. The molecule has 0 bridgehead atoms. The summed E-state index contributed by atoms with van der Waals surface area (Å²) >= 11 is 0. The van der Waals surface area contributed by atoms with E-state index in [0.717, 1.165) is 5.62 Å². The summed E-state index contributed by atoms with van der Waals surface area (Å²) in [7, 11) is -0.919. The SMILES string of the molecule is O=C[SH]1C=CC(C(=O)O)=C1. The smallest absolute Gasteiger partial charge is 0.336 e. The molecule has 1 heterocycles. The van der Waals surface area contributed by atoms with E-state index in [1.807, 2.05) is 0 Å². The summed E-state index contributed by atoms with van der Waals surface area (Å²) in [5.74, 6) is -0.969. The summed E-state index contributed by atoms with van der Waals surface area (Å²) in [6, 6.07) is 0. The second-order valence-corrected chi connectivity index (χ2v) is 3.42. The van der Waals surface area contributed by atoms with Gasteiger partial charge in [-0.15, -0.1) is 0 Å². The molecule has 0 saturated heterocycles. The van der Waals surface area contributed by atoms with E-state index in [0.29, 0.717) is 0 Å². The van der Waals surface area contributed by atoms with E-state index in [-0.39, 0.29) is 5.57 Å². The average molecular weight is 158 g/mol. The molecule has 0 amide bonds. The monoisotopic (exact) mass is 158 g/mol. The van der Waals surface area contributed by atoms with Crippen molar-refractivity contribution in [3.05, 3.63) is 22.5 Å². The molecule has 3 nitrogen and oxygen atoms in total. The van der Waals surface area contributed by atoms with Crippen LogP contribution >= 0.6 is 10.9 Å². The minimum atomic E-state index is -0.969. The molecule has 54 valence electrons. The Morgan fingerprint density at radius 1 is 1.70 bits per heavy atom. The standard InChI is InChI=1S/C6H6O3S/c7-4-10-2-1-5(3-10)6(8)9/h1-4,10H,(H,8,9). The third kappa shape index (κ3) is 1.27. The number of carbonyl (C=O) groups is 2. The Balaban J connectivity index is 2.76. The maximum Gasteiger partial charge on any atom is 0.336 e. The number of aliphatic carboxylic acids is 1. The predicted molar refractivity (Wildman–Crippen MR) is 40.6 cm³/mol. The maximum atomic E-state index is 10.2. The Morgan fingerprint density at radius 3 is 2.70 bits per heavy atom. The molecule has 1 aliphatic heterocycles. The van der Waals surface area contributed by atoms with Crippen LogP contribution in [0.5, 0.6) is 0 Å². The Bertz CT molecular complexity index is 229. The van der Waals surface area contributed by atoms with Gasteiger partial charge in [0.15, 0.2) is 5.62 Å². The fourth-order valence-electron chi connectivity index (χ4n) is 0.605. The van der Waals surface area contributed by atoms with Crippen LogP contribution in [0.4, 0.5) is 0 Å². The molecule has 1 N–H and O–H groups in total. The van der Waals surface area contributed by atoms with Crippen molar-refractivity contribution in [1.29, 1.82) is 0 Å². The van der Waals surface area contributed by atoms with E-state index in [9.17, 15) is 9.59 Å².